The van der Waals surface area contributed by atoms with Crippen LogP contribution in [0.1, 0.15) is 29.3 Å². The zero-order valence-corrected chi connectivity index (χ0v) is 15.2. The van der Waals surface area contributed by atoms with Crippen LogP contribution in [0, 0.1) is 10.1 Å². The van der Waals surface area contributed by atoms with E-state index in [4.69, 9.17) is 16.3 Å². The van der Waals surface area contributed by atoms with Gasteiger partial charge in [-0.2, -0.15) is 0 Å². The van der Waals surface area contributed by atoms with Crippen LogP contribution in [0.25, 0.3) is 6.08 Å². The Balaban J connectivity index is 2.35. The number of esters is 1. The Morgan fingerprint density at radius 3 is 2.63 bits per heavy atom. The molecule has 27 heavy (non-hydrogen) atoms. The number of amides is 1. The van der Waals surface area contributed by atoms with Gasteiger partial charge in [0.1, 0.15) is 5.70 Å². The number of halogens is 1. The fourth-order valence-electron chi connectivity index (χ4n) is 2.15. The first-order valence-corrected chi connectivity index (χ1v) is 8.49. The summed E-state index contributed by atoms with van der Waals surface area (Å²) in [6.45, 7) is 2.01. The summed E-state index contributed by atoms with van der Waals surface area (Å²) in [6.07, 6.45) is 1.92. The van der Waals surface area contributed by atoms with Crippen molar-refractivity contribution in [3.05, 3.63) is 80.5 Å². The monoisotopic (exact) mass is 388 g/mol. The SMILES string of the molecule is CCCOC(=O)/C(=C/c1cccc([N+](=O)[O-])c1)NC(=O)c1ccccc1Cl. The molecule has 0 radical (unpaired) electrons. The van der Waals surface area contributed by atoms with E-state index in [-0.39, 0.29) is 28.6 Å². The van der Waals surface area contributed by atoms with Crippen molar-refractivity contribution in [2.75, 3.05) is 6.61 Å². The van der Waals surface area contributed by atoms with Crippen LogP contribution < -0.4 is 5.32 Å². The predicted molar refractivity (Wildman–Crippen MR) is 101 cm³/mol. The molecule has 7 nitrogen and oxygen atoms in total. The van der Waals surface area contributed by atoms with Crippen molar-refractivity contribution in [3.8, 4) is 0 Å². The van der Waals surface area contributed by atoms with Gasteiger partial charge in [-0.15, -0.1) is 0 Å². The Labute approximate surface area is 160 Å². The molecule has 0 aliphatic heterocycles. The third-order valence-electron chi connectivity index (χ3n) is 3.42. The van der Waals surface area contributed by atoms with Gasteiger partial charge < -0.3 is 10.1 Å². The normalized spacial score (nSPS) is 11.0. The molecule has 1 N–H and O–H groups in total. The highest BCUT2D eigenvalue weighted by atomic mass is 35.5. The molecule has 0 bridgehead atoms. The largest absolute Gasteiger partial charge is 0.461 e. The summed E-state index contributed by atoms with van der Waals surface area (Å²) in [5.74, 6) is -1.34. The first-order valence-electron chi connectivity index (χ1n) is 8.11. The van der Waals surface area contributed by atoms with Gasteiger partial charge in [-0.1, -0.05) is 42.8 Å². The maximum absolute atomic E-state index is 12.5. The molecule has 2 rings (SSSR count). The Morgan fingerprint density at radius 2 is 1.96 bits per heavy atom. The van der Waals surface area contributed by atoms with Crippen molar-refractivity contribution in [1.29, 1.82) is 0 Å². The van der Waals surface area contributed by atoms with Crippen LogP contribution in [0.3, 0.4) is 0 Å². The van der Waals surface area contributed by atoms with Gasteiger partial charge in [-0.3, -0.25) is 14.9 Å². The molecule has 0 saturated carbocycles. The van der Waals surface area contributed by atoms with E-state index in [0.717, 1.165) is 0 Å². The van der Waals surface area contributed by atoms with E-state index >= 15 is 0 Å². The molecule has 0 aliphatic carbocycles. The van der Waals surface area contributed by atoms with Gasteiger partial charge in [0.15, 0.2) is 0 Å². The van der Waals surface area contributed by atoms with Crippen LogP contribution in [0.5, 0.6) is 0 Å². The molecule has 140 valence electrons. The number of nitrogens with zero attached hydrogens (tertiary/aromatic N) is 1. The number of carbonyl (C=O) groups is 2. The highest BCUT2D eigenvalue weighted by Gasteiger charge is 2.18. The van der Waals surface area contributed by atoms with Gasteiger partial charge in [0.05, 0.1) is 22.1 Å². The second-order valence-electron chi connectivity index (χ2n) is 5.48. The number of benzene rings is 2. The number of rotatable bonds is 7. The quantitative estimate of drug-likeness (QED) is 0.335. The van der Waals surface area contributed by atoms with Gasteiger partial charge in [0.2, 0.25) is 0 Å². The summed E-state index contributed by atoms with van der Waals surface area (Å²) in [4.78, 5) is 35.1. The highest BCUT2D eigenvalue weighted by Crippen LogP contribution is 2.18. The van der Waals surface area contributed by atoms with Gasteiger partial charge in [0, 0.05) is 12.1 Å². The Kier molecular flexibility index (Phi) is 7.08. The number of hydrogen-bond donors (Lipinski definition) is 1. The Hall–Kier alpha value is -3.19. The smallest absolute Gasteiger partial charge is 0.354 e. The zero-order valence-electron chi connectivity index (χ0n) is 14.5. The highest BCUT2D eigenvalue weighted by molar-refractivity contribution is 6.34. The number of carbonyl (C=O) groups excluding carboxylic acids is 2. The van der Waals surface area contributed by atoms with Gasteiger partial charge in [0.25, 0.3) is 11.6 Å². The van der Waals surface area contributed by atoms with Gasteiger partial charge in [-0.25, -0.2) is 4.79 Å². The van der Waals surface area contributed by atoms with Crippen LogP contribution in [-0.4, -0.2) is 23.4 Å². The van der Waals surface area contributed by atoms with Crippen molar-refractivity contribution in [1.82, 2.24) is 5.32 Å². The molecule has 0 heterocycles. The van der Waals surface area contributed by atoms with Crippen molar-refractivity contribution in [2.45, 2.75) is 13.3 Å². The zero-order chi connectivity index (χ0) is 19.8. The van der Waals surface area contributed by atoms with E-state index in [1.807, 2.05) is 6.92 Å². The second kappa shape index (κ2) is 9.49. The summed E-state index contributed by atoms with van der Waals surface area (Å²) in [5, 5.41) is 13.6. The van der Waals surface area contributed by atoms with Crippen molar-refractivity contribution in [3.63, 3.8) is 0 Å². The summed E-state index contributed by atoms with van der Waals surface area (Å²) in [6, 6.07) is 12.0. The topological polar surface area (TPSA) is 98.5 Å². The summed E-state index contributed by atoms with van der Waals surface area (Å²) in [7, 11) is 0. The average Bonchev–Trinajstić information content (AvgIpc) is 2.66. The number of nitro groups is 1. The number of nitro benzene ring substituents is 1. The number of hydrogen-bond acceptors (Lipinski definition) is 5. The minimum Gasteiger partial charge on any atom is -0.461 e. The van der Waals surface area contributed by atoms with E-state index in [0.29, 0.717) is 12.0 Å². The summed E-state index contributed by atoms with van der Waals surface area (Å²) in [5.41, 5.74) is 0.274. The molecule has 2 aromatic rings. The molecule has 1 amide bonds. The molecular weight excluding hydrogens is 372 g/mol. The first-order chi connectivity index (χ1) is 12.9. The Bertz CT molecular complexity index is 895. The fourth-order valence-corrected chi connectivity index (χ4v) is 2.37. The molecule has 0 aliphatic rings. The van der Waals surface area contributed by atoms with Crippen molar-refractivity contribution in [2.24, 2.45) is 0 Å². The minimum atomic E-state index is -0.747. The van der Waals surface area contributed by atoms with E-state index in [9.17, 15) is 19.7 Å². The van der Waals surface area contributed by atoms with E-state index < -0.39 is 16.8 Å². The number of non-ortho nitro benzene ring substituents is 1. The first kappa shape index (κ1) is 20.1. The van der Waals surface area contributed by atoms with Crippen LogP contribution in [0.15, 0.2) is 54.2 Å². The molecule has 0 unspecified atom stereocenters. The third-order valence-corrected chi connectivity index (χ3v) is 3.75. The van der Waals surface area contributed by atoms with Crippen molar-refractivity contribution >= 4 is 35.2 Å². The molecule has 8 heteroatoms. The van der Waals surface area contributed by atoms with E-state index in [1.54, 1.807) is 24.3 Å². The fraction of sp³-hybridized carbons (Fsp3) is 0.158. The molecular formula is C19H17ClN2O5. The summed E-state index contributed by atoms with van der Waals surface area (Å²) < 4.78 is 5.08. The molecule has 0 atom stereocenters. The third kappa shape index (κ3) is 5.65. The second-order valence-corrected chi connectivity index (χ2v) is 5.89. The lowest BCUT2D eigenvalue weighted by Crippen LogP contribution is -2.28. The minimum absolute atomic E-state index is 0.137. The Morgan fingerprint density at radius 1 is 1.22 bits per heavy atom. The standard InChI is InChI=1S/C19H17ClN2O5/c1-2-10-27-19(24)17(12-13-6-5-7-14(11-13)22(25)26)21-18(23)15-8-3-4-9-16(15)20/h3-9,11-12H,2,10H2,1H3,(H,21,23)/b17-12-. The lowest BCUT2D eigenvalue weighted by Gasteiger charge is -2.11. The molecule has 2 aromatic carbocycles. The number of ether oxygens (including phenoxy) is 1. The molecule has 0 aromatic heterocycles. The molecule has 0 spiro atoms. The lowest BCUT2D eigenvalue weighted by molar-refractivity contribution is -0.384. The molecule has 0 saturated heterocycles. The maximum atomic E-state index is 12.5. The van der Waals surface area contributed by atoms with Crippen LogP contribution in [-0.2, 0) is 9.53 Å². The predicted octanol–water partition coefficient (Wildman–Crippen LogP) is 3.97. The van der Waals surface area contributed by atoms with Crippen LogP contribution in [0.4, 0.5) is 5.69 Å². The maximum Gasteiger partial charge on any atom is 0.354 e. The van der Waals surface area contributed by atoms with Gasteiger partial charge >= 0.3 is 5.97 Å². The van der Waals surface area contributed by atoms with Crippen LogP contribution in [0.2, 0.25) is 5.02 Å². The average molecular weight is 389 g/mol. The number of nitrogens with one attached hydrogen (secondary N) is 1. The van der Waals surface area contributed by atoms with Crippen LogP contribution >= 0.6 is 11.6 Å². The van der Waals surface area contributed by atoms with E-state index in [1.165, 1.54) is 30.3 Å². The van der Waals surface area contributed by atoms with Gasteiger partial charge in [-0.05, 0) is 30.2 Å². The molecule has 0 fully saturated rings. The summed E-state index contributed by atoms with van der Waals surface area (Å²) >= 11 is 6.01. The lowest BCUT2D eigenvalue weighted by atomic mass is 10.1. The van der Waals surface area contributed by atoms with E-state index in [2.05, 4.69) is 5.32 Å². The van der Waals surface area contributed by atoms with Crippen molar-refractivity contribution < 1.29 is 19.2 Å².